The van der Waals surface area contributed by atoms with Gasteiger partial charge in [0.2, 0.25) is 5.91 Å². The summed E-state index contributed by atoms with van der Waals surface area (Å²) < 4.78 is 14.5. The number of nitrogens with zero attached hydrogens (tertiary/aromatic N) is 4. The van der Waals surface area contributed by atoms with Crippen LogP contribution < -0.4 is 20.9 Å². The minimum Gasteiger partial charge on any atom is -0.486 e. The second-order valence-electron chi connectivity index (χ2n) is 6.78. The van der Waals surface area contributed by atoms with Crippen LogP contribution in [0.3, 0.4) is 0 Å². The van der Waals surface area contributed by atoms with Crippen molar-refractivity contribution >= 4 is 57.2 Å². The van der Waals surface area contributed by atoms with E-state index in [0.29, 0.717) is 43.2 Å². The molecule has 1 amide bonds. The van der Waals surface area contributed by atoms with Gasteiger partial charge < -0.3 is 25.5 Å². The van der Waals surface area contributed by atoms with E-state index >= 15 is 0 Å². The third-order valence-corrected chi connectivity index (χ3v) is 6.94. The summed E-state index contributed by atoms with van der Waals surface area (Å²) in [5, 5.41) is 0.779. The molecule has 3 aromatic rings. The number of nitrogen functional groups attached to an aromatic ring is 1. The van der Waals surface area contributed by atoms with Gasteiger partial charge >= 0.3 is 0 Å². The van der Waals surface area contributed by atoms with Gasteiger partial charge in [0.15, 0.2) is 33.6 Å². The maximum atomic E-state index is 10.9. The molecule has 0 spiro atoms. The van der Waals surface area contributed by atoms with Crippen molar-refractivity contribution in [2.75, 3.05) is 18.9 Å². The second kappa shape index (κ2) is 9.25. The van der Waals surface area contributed by atoms with Gasteiger partial charge in [0.25, 0.3) is 0 Å². The van der Waals surface area contributed by atoms with Crippen LogP contribution in [0, 0.1) is 3.57 Å². The van der Waals surface area contributed by atoms with Crippen molar-refractivity contribution in [3.63, 3.8) is 0 Å². The zero-order valence-corrected chi connectivity index (χ0v) is 19.1. The minimum atomic E-state index is -0.270. The number of nitrogens with two attached hydrogens (primary N) is 2. The number of ether oxygens (including phenoxy) is 2. The van der Waals surface area contributed by atoms with Crippen molar-refractivity contribution in [1.82, 2.24) is 19.5 Å². The zero-order valence-electron chi connectivity index (χ0n) is 16.1. The molecule has 0 fully saturated rings. The van der Waals surface area contributed by atoms with E-state index in [9.17, 15) is 4.79 Å². The van der Waals surface area contributed by atoms with Gasteiger partial charge in [-0.05, 0) is 47.6 Å². The Balaban J connectivity index is 1.61. The smallest absolute Gasteiger partial charge is 0.217 e. The highest BCUT2D eigenvalue weighted by Gasteiger charge is 2.20. The molecule has 0 saturated carbocycles. The maximum Gasteiger partial charge on any atom is 0.217 e. The summed E-state index contributed by atoms with van der Waals surface area (Å²) in [5.74, 6) is 1.57. The number of amides is 1. The van der Waals surface area contributed by atoms with E-state index in [2.05, 4.69) is 37.1 Å². The van der Waals surface area contributed by atoms with E-state index in [-0.39, 0.29) is 5.91 Å². The molecule has 4 N–H and O–H groups in total. The van der Waals surface area contributed by atoms with Crippen LogP contribution in [0.4, 0.5) is 5.82 Å². The van der Waals surface area contributed by atoms with Gasteiger partial charge in [0, 0.05) is 21.4 Å². The zero-order chi connectivity index (χ0) is 21.1. The van der Waals surface area contributed by atoms with Crippen molar-refractivity contribution in [1.29, 1.82) is 0 Å². The van der Waals surface area contributed by atoms with Crippen molar-refractivity contribution in [2.24, 2.45) is 5.73 Å². The number of anilines is 1. The molecule has 0 aliphatic carbocycles. The number of rotatable bonds is 8. The van der Waals surface area contributed by atoms with E-state index < -0.39 is 0 Å². The molecule has 158 valence electrons. The van der Waals surface area contributed by atoms with E-state index in [0.717, 1.165) is 44.4 Å². The summed E-state index contributed by atoms with van der Waals surface area (Å²) in [4.78, 5) is 25.1. The Morgan fingerprint density at radius 3 is 2.70 bits per heavy atom. The number of hydrogen-bond acceptors (Lipinski definition) is 8. The maximum absolute atomic E-state index is 10.9. The lowest BCUT2D eigenvalue weighted by molar-refractivity contribution is -0.118. The van der Waals surface area contributed by atoms with Crippen LogP contribution in [-0.2, 0) is 11.3 Å². The van der Waals surface area contributed by atoms with E-state index in [1.54, 1.807) is 0 Å². The summed E-state index contributed by atoms with van der Waals surface area (Å²) in [6.07, 6.45) is 4.37. The molecule has 0 atom stereocenters. The Morgan fingerprint density at radius 1 is 1.17 bits per heavy atom. The van der Waals surface area contributed by atoms with Gasteiger partial charge in [-0.25, -0.2) is 15.0 Å². The Hall–Kier alpha value is -2.28. The summed E-state index contributed by atoms with van der Waals surface area (Å²) >= 11 is 3.81. The highest BCUT2D eigenvalue weighted by molar-refractivity contribution is 14.1. The van der Waals surface area contributed by atoms with Gasteiger partial charge in [-0.15, -0.1) is 0 Å². The van der Waals surface area contributed by atoms with Crippen LogP contribution in [0.25, 0.3) is 11.2 Å². The molecule has 4 rings (SSSR count). The lowest BCUT2D eigenvalue weighted by atomic mass is 10.2. The molecule has 1 aliphatic rings. The lowest BCUT2D eigenvalue weighted by Crippen LogP contribution is -2.15. The van der Waals surface area contributed by atoms with Crippen molar-refractivity contribution in [2.45, 2.75) is 42.3 Å². The fourth-order valence-corrected chi connectivity index (χ4v) is 4.89. The molecule has 30 heavy (non-hydrogen) atoms. The molecule has 9 nitrogen and oxygen atoms in total. The monoisotopic (exact) mass is 540 g/mol. The number of halogens is 1. The van der Waals surface area contributed by atoms with E-state index in [4.69, 9.17) is 25.9 Å². The summed E-state index contributed by atoms with van der Waals surface area (Å²) in [6.45, 7) is 1.79. The normalized spacial score (nSPS) is 13.0. The van der Waals surface area contributed by atoms with Crippen LogP contribution in [0.15, 0.2) is 28.5 Å². The third-order valence-electron chi connectivity index (χ3n) is 4.63. The summed E-state index contributed by atoms with van der Waals surface area (Å²) in [6, 6.07) is 3.95. The van der Waals surface area contributed by atoms with Crippen LogP contribution in [0.1, 0.15) is 25.7 Å². The first-order valence-corrected chi connectivity index (χ1v) is 11.4. The summed E-state index contributed by atoms with van der Waals surface area (Å²) in [7, 11) is 0. The molecule has 1 aliphatic heterocycles. The number of primary amides is 1. The topological polar surface area (TPSA) is 131 Å². The van der Waals surface area contributed by atoms with E-state index in [1.165, 1.54) is 18.1 Å². The van der Waals surface area contributed by atoms with Gasteiger partial charge in [0.05, 0.1) is 0 Å². The Morgan fingerprint density at radius 2 is 1.93 bits per heavy atom. The van der Waals surface area contributed by atoms with Crippen molar-refractivity contribution in [3.8, 4) is 11.5 Å². The van der Waals surface area contributed by atoms with Gasteiger partial charge in [-0.3, -0.25) is 4.79 Å². The first-order valence-electron chi connectivity index (χ1n) is 9.55. The minimum absolute atomic E-state index is 0.270. The predicted octanol–water partition coefficient (Wildman–Crippen LogP) is 2.98. The molecular formula is C19H21IN6O3S. The van der Waals surface area contributed by atoms with Crippen molar-refractivity contribution < 1.29 is 14.3 Å². The SMILES string of the molecule is NC(=O)CCCCCn1c(Sc2cc3c(cc2I)OCCO3)nc2c(N)ncnc21. The molecule has 3 heterocycles. The third kappa shape index (κ3) is 4.56. The van der Waals surface area contributed by atoms with Crippen LogP contribution in [-0.4, -0.2) is 38.6 Å². The molecule has 0 saturated heterocycles. The van der Waals surface area contributed by atoms with Crippen molar-refractivity contribution in [3.05, 3.63) is 22.0 Å². The quantitative estimate of drug-likeness (QED) is 0.330. The number of unbranched alkanes of at least 4 members (excludes halogenated alkanes) is 2. The lowest BCUT2D eigenvalue weighted by Gasteiger charge is -2.19. The average molecular weight is 540 g/mol. The average Bonchev–Trinajstić information content (AvgIpc) is 3.07. The number of carbonyl (C=O) groups is 1. The van der Waals surface area contributed by atoms with Crippen LogP contribution in [0.2, 0.25) is 0 Å². The summed E-state index contributed by atoms with van der Waals surface area (Å²) in [5.41, 5.74) is 12.6. The van der Waals surface area contributed by atoms with Gasteiger partial charge in [-0.2, -0.15) is 0 Å². The first kappa shape index (κ1) is 21.0. The fourth-order valence-electron chi connectivity index (χ4n) is 3.18. The highest BCUT2D eigenvalue weighted by atomic mass is 127. The molecule has 11 heteroatoms. The van der Waals surface area contributed by atoms with Crippen LogP contribution in [0.5, 0.6) is 11.5 Å². The first-order chi connectivity index (χ1) is 14.5. The van der Waals surface area contributed by atoms with Gasteiger partial charge in [0.1, 0.15) is 19.5 Å². The number of hydrogen-bond donors (Lipinski definition) is 2. The highest BCUT2D eigenvalue weighted by Crippen LogP contribution is 2.40. The fraction of sp³-hybridized carbons (Fsp3) is 0.368. The predicted molar refractivity (Wildman–Crippen MR) is 122 cm³/mol. The van der Waals surface area contributed by atoms with Crippen LogP contribution >= 0.6 is 34.4 Å². The second-order valence-corrected chi connectivity index (χ2v) is 8.95. The Labute approximate surface area is 191 Å². The largest absolute Gasteiger partial charge is 0.486 e. The molecule has 0 radical (unpaired) electrons. The van der Waals surface area contributed by atoms with Gasteiger partial charge in [-0.1, -0.05) is 18.2 Å². The van der Waals surface area contributed by atoms with E-state index in [1.807, 2.05) is 12.1 Å². The standard InChI is InChI=1S/C19H21IN6O3S/c20-11-8-12-13(29-7-6-28-12)9-14(11)30-19-25-16-17(22)23-10-24-18(16)26(19)5-3-1-2-4-15(21)27/h8-10H,1-7H2,(H2,21,27)(H2,22,23,24). The number of benzene rings is 1. The molecule has 2 aromatic heterocycles. The molecular weight excluding hydrogens is 519 g/mol. The number of fused-ring (bicyclic) bond motifs is 2. The Kier molecular flexibility index (Phi) is 6.46. The molecule has 1 aromatic carbocycles. The Bertz CT molecular complexity index is 1090. The number of carbonyl (C=O) groups excluding carboxylic acids is 1. The molecule has 0 bridgehead atoms. The number of imidazole rings is 1. The number of aromatic nitrogens is 4. The number of aryl methyl sites for hydroxylation is 1. The molecule has 0 unspecified atom stereocenters.